The molecule has 0 aromatic heterocycles. The van der Waals surface area contributed by atoms with Crippen molar-refractivity contribution in [2.24, 2.45) is 5.92 Å². The van der Waals surface area contributed by atoms with Crippen molar-refractivity contribution >= 4 is 22.0 Å². The number of aliphatic hydroxyl groups excluding tert-OH is 1. The Bertz CT molecular complexity index is 495. The number of ether oxygens (including phenoxy) is 1. The van der Waals surface area contributed by atoms with Crippen LogP contribution in [0.5, 0.6) is 0 Å². The number of hydrogen-bond donors (Lipinski definition) is 1. The summed E-state index contributed by atoms with van der Waals surface area (Å²) in [4.78, 5) is 13.9. The van der Waals surface area contributed by atoms with Gasteiger partial charge in [-0.1, -0.05) is 28.1 Å². The molecular weight excluding hydrogens is 334 g/mol. The van der Waals surface area contributed by atoms with Crippen LogP contribution in [0.2, 0.25) is 0 Å². The quantitative estimate of drug-likeness (QED) is 0.884. The maximum Gasteiger partial charge on any atom is 0.410 e. The molecule has 0 aliphatic carbocycles. The van der Waals surface area contributed by atoms with E-state index in [0.29, 0.717) is 13.1 Å². The molecule has 0 spiro atoms. The van der Waals surface area contributed by atoms with E-state index in [2.05, 4.69) is 15.9 Å². The number of hydrogen-bond acceptors (Lipinski definition) is 3. The minimum absolute atomic E-state index is 0.0543. The number of amides is 1. The van der Waals surface area contributed by atoms with E-state index in [1.807, 2.05) is 45.0 Å². The zero-order chi connectivity index (χ0) is 15.6. The number of benzene rings is 1. The van der Waals surface area contributed by atoms with Crippen molar-refractivity contribution in [3.8, 4) is 0 Å². The van der Waals surface area contributed by atoms with Gasteiger partial charge in [-0.3, -0.25) is 0 Å². The smallest absolute Gasteiger partial charge is 0.410 e. The lowest BCUT2D eigenvalue weighted by Crippen LogP contribution is -2.35. The highest BCUT2D eigenvalue weighted by Crippen LogP contribution is 2.33. The molecule has 116 valence electrons. The lowest BCUT2D eigenvalue weighted by atomic mass is 9.90. The maximum absolute atomic E-state index is 12.2. The van der Waals surface area contributed by atoms with Gasteiger partial charge >= 0.3 is 6.09 Å². The van der Waals surface area contributed by atoms with Crippen LogP contribution in [-0.4, -0.2) is 41.4 Å². The highest BCUT2D eigenvalue weighted by Gasteiger charge is 2.37. The molecule has 2 rings (SSSR count). The van der Waals surface area contributed by atoms with Crippen LogP contribution in [0, 0.1) is 5.92 Å². The average Bonchev–Trinajstić information content (AvgIpc) is 2.82. The third-order valence-electron chi connectivity index (χ3n) is 3.63. The van der Waals surface area contributed by atoms with Crippen molar-refractivity contribution in [3.63, 3.8) is 0 Å². The largest absolute Gasteiger partial charge is 0.444 e. The number of carbonyl (C=O) groups is 1. The summed E-state index contributed by atoms with van der Waals surface area (Å²) in [5.74, 6) is 0.203. The molecular formula is C16H22BrNO3. The highest BCUT2D eigenvalue weighted by atomic mass is 79.9. The van der Waals surface area contributed by atoms with Crippen LogP contribution in [0.15, 0.2) is 28.7 Å². The van der Waals surface area contributed by atoms with Gasteiger partial charge in [-0.15, -0.1) is 0 Å². The third kappa shape index (κ3) is 4.20. The van der Waals surface area contributed by atoms with Crippen molar-refractivity contribution in [1.29, 1.82) is 0 Å². The molecule has 1 heterocycles. The average molecular weight is 356 g/mol. The van der Waals surface area contributed by atoms with Crippen molar-refractivity contribution in [1.82, 2.24) is 4.90 Å². The summed E-state index contributed by atoms with van der Waals surface area (Å²) in [6.07, 6.45) is -0.305. The van der Waals surface area contributed by atoms with E-state index < -0.39 is 5.60 Å². The standard InChI is InChI=1S/C16H22BrNO3/c1-16(2,3)21-15(20)18-8-12(10-19)14(9-18)11-4-6-13(17)7-5-11/h4-7,12,14,19H,8-10H2,1-3H3. The van der Waals surface area contributed by atoms with Crippen molar-refractivity contribution < 1.29 is 14.6 Å². The molecule has 0 saturated carbocycles. The normalized spacial score (nSPS) is 22.4. The van der Waals surface area contributed by atoms with Crippen LogP contribution >= 0.6 is 15.9 Å². The Hall–Kier alpha value is -1.07. The molecule has 4 nitrogen and oxygen atoms in total. The third-order valence-corrected chi connectivity index (χ3v) is 4.15. The van der Waals surface area contributed by atoms with E-state index in [1.54, 1.807) is 4.90 Å². The summed E-state index contributed by atoms with van der Waals surface area (Å²) in [6.45, 7) is 6.76. The second kappa shape index (κ2) is 6.36. The first-order valence-corrected chi connectivity index (χ1v) is 7.93. The van der Waals surface area contributed by atoms with E-state index in [0.717, 1.165) is 10.0 Å². The van der Waals surface area contributed by atoms with Crippen LogP contribution in [0.4, 0.5) is 4.79 Å². The Morgan fingerprint density at radius 1 is 1.33 bits per heavy atom. The maximum atomic E-state index is 12.2. The molecule has 1 N–H and O–H groups in total. The molecule has 5 heteroatoms. The zero-order valence-electron chi connectivity index (χ0n) is 12.7. The SMILES string of the molecule is CC(C)(C)OC(=O)N1CC(CO)C(c2ccc(Br)cc2)C1. The predicted molar refractivity (Wildman–Crippen MR) is 85.3 cm³/mol. The Morgan fingerprint density at radius 2 is 1.95 bits per heavy atom. The number of carbonyl (C=O) groups excluding carboxylic acids is 1. The Morgan fingerprint density at radius 3 is 2.48 bits per heavy atom. The fourth-order valence-electron chi connectivity index (χ4n) is 2.62. The molecule has 1 aliphatic rings. The monoisotopic (exact) mass is 355 g/mol. The van der Waals surface area contributed by atoms with Crippen LogP contribution < -0.4 is 0 Å². The number of rotatable bonds is 2. The number of halogens is 1. The van der Waals surface area contributed by atoms with E-state index in [4.69, 9.17) is 4.74 Å². The summed E-state index contributed by atoms with van der Waals surface area (Å²) in [5, 5.41) is 9.60. The summed E-state index contributed by atoms with van der Waals surface area (Å²) in [6, 6.07) is 8.05. The van der Waals surface area contributed by atoms with Crippen LogP contribution in [0.25, 0.3) is 0 Å². The second-order valence-electron chi connectivity index (χ2n) is 6.49. The molecule has 0 bridgehead atoms. The van der Waals surface area contributed by atoms with E-state index >= 15 is 0 Å². The van der Waals surface area contributed by atoms with Crippen molar-refractivity contribution in [2.45, 2.75) is 32.3 Å². The van der Waals surface area contributed by atoms with E-state index in [1.165, 1.54) is 0 Å². The summed E-state index contributed by atoms with van der Waals surface area (Å²) >= 11 is 3.42. The van der Waals surface area contributed by atoms with Gasteiger partial charge in [0.15, 0.2) is 0 Å². The molecule has 0 radical (unpaired) electrons. The van der Waals surface area contributed by atoms with Gasteiger partial charge in [-0.05, 0) is 38.5 Å². The summed E-state index contributed by atoms with van der Waals surface area (Å²) in [7, 11) is 0. The van der Waals surface area contributed by atoms with Gasteiger partial charge in [-0.25, -0.2) is 4.79 Å². The van der Waals surface area contributed by atoms with Gasteiger partial charge < -0.3 is 14.7 Å². The fraction of sp³-hybridized carbons (Fsp3) is 0.562. The summed E-state index contributed by atoms with van der Waals surface area (Å²) < 4.78 is 6.44. The van der Waals surface area contributed by atoms with Gasteiger partial charge in [0.25, 0.3) is 0 Å². The molecule has 1 aromatic rings. The molecule has 1 saturated heterocycles. The first kappa shape index (κ1) is 16.3. The van der Waals surface area contributed by atoms with E-state index in [-0.39, 0.29) is 24.5 Å². The lowest BCUT2D eigenvalue weighted by molar-refractivity contribution is 0.0283. The number of nitrogens with zero attached hydrogens (tertiary/aromatic N) is 1. The van der Waals surface area contributed by atoms with E-state index in [9.17, 15) is 9.90 Å². The zero-order valence-corrected chi connectivity index (χ0v) is 14.3. The van der Waals surface area contributed by atoms with Crippen molar-refractivity contribution in [2.75, 3.05) is 19.7 Å². The minimum Gasteiger partial charge on any atom is -0.444 e. The Labute approximate surface area is 134 Å². The highest BCUT2D eigenvalue weighted by molar-refractivity contribution is 9.10. The minimum atomic E-state index is -0.499. The first-order valence-electron chi connectivity index (χ1n) is 7.14. The van der Waals surface area contributed by atoms with Crippen LogP contribution in [0.1, 0.15) is 32.3 Å². The number of aliphatic hydroxyl groups is 1. The first-order chi connectivity index (χ1) is 9.80. The molecule has 2 unspecified atom stereocenters. The Balaban J connectivity index is 2.10. The molecule has 1 aromatic carbocycles. The molecule has 1 amide bonds. The van der Waals surface area contributed by atoms with Crippen LogP contribution in [0.3, 0.4) is 0 Å². The Kier molecular flexibility index (Phi) is 4.94. The van der Waals surface area contributed by atoms with Gasteiger partial charge in [0, 0.05) is 36.0 Å². The van der Waals surface area contributed by atoms with Crippen molar-refractivity contribution in [3.05, 3.63) is 34.3 Å². The topological polar surface area (TPSA) is 49.8 Å². The predicted octanol–water partition coefficient (Wildman–Crippen LogP) is 3.39. The summed E-state index contributed by atoms with van der Waals surface area (Å²) in [5.41, 5.74) is 0.643. The molecule has 1 fully saturated rings. The molecule has 21 heavy (non-hydrogen) atoms. The molecule has 2 atom stereocenters. The van der Waals surface area contributed by atoms with Crippen LogP contribution in [-0.2, 0) is 4.74 Å². The van der Waals surface area contributed by atoms with Gasteiger partial charge in [0.05, 0.1) is 0 Å². The number of likely N-dealkylation sites (tertiary alicyclic amines) is 1. The lowest BCUT2D eigenvalue weighted by Gasteiger charge is -2.24. The van der Waals surface area contributed by atoms with Gasteiger partial charge in [0.1, 0.15) is 5.60 Å². The molecule has 1 aliphatic heterocycles. The van der Waals surface area contributed by atoms with Gasteiger partial charge in [-0.2, -0.15) is 0 Å². The fourth-order valence-corrected chi connectivity index (χ4v) is 2.88. The second-order valence-corrected chi connectivity index (χ2v) is 7.40. The van der Waals surface area contributed by atoms with Gasteiger partial charge in [0.2, 0.25) is 0 Å².